The van der Waals surface area contributed by atoms with Gasteiger partial charge in [-0.25, -0.2) is 0 Å². The minimum atomic E-state index is -1.49. The smallest absolute Gasteiger partial charge is 0.488 e. The molecule has 13 heavy (non-hydrogen) atoms. The second-order valence-corrected chi connectivity index (χ2v) is 2.90. The SMILES string of the molecule is CCOc1cc(B(O)O)ccc1Cl. The summed E-state index contributed by atoms with van der Waals surface area (Å²) in [6.07, 6.45) is 0. The molecule has 0 heterocycles. The quantitative estimate of drug-likeness (QED) is 0.695. The largest absolute Gasteiger partial charge is 0.492 e. The Morgan fingerprint density at radius 2 is 2.15 bits per heavy atom. The first kappa shape index (κ1) is 10.4. The molecular formula is C8H10BClO3. The molecule has 3 nitrogen and oxygen atoms in total. The lowest BCUT2D eigenvalue weighted by Crippen LogP contribution is -2.29. The summed E-state index contributed by atoms with van der Waals surface area (Å²) in [6.45, 7) is 2.32. The van der Waals surface area contributed by atoms with Crippen molar-refractivity contribution in [3.63, 3.8) is 0 Å². The van der Waals surface area contributed by atoms with Gasteiger partial charge in [-0.1, -0.05) is 17.7 Å². The Bertz CT molecular complexity index is 291. The lowest BCUT2D eigenvalue weighted by Gasteiger charge is -2.07. The van der Waals surface area contributed by atoms with Crippen LogP contribution in [0.1, 0.15) is 6.92 Å². The predicted octanol–water partition coefficient (Wildman–Crippen LogP) is 0.418. The highest BCUT2D eigenvalue weighted by Gasteiger charge is 2.12. The van der Waals surface area contributed by atoms with Crippen molar-refractivity contribution in [1.82, 2.24) is 0 Å². The molecule has 0 aliphatic heterocycles. The van der Waals surface area contributed by atoms with Gasteiger partial charge in [0.25, 0.3) is 0 Å². The molecule has 1 rings (SSSR count). The second-order valence-electron chi connectivity index (χ2n) is 2.50. The molecule has 70 valence electrons. The fourth-order valence-corrected chi connectivity index (χ4v) is 1.12. The first-order chi connectivity index (χ1) is 6.15. The van der Waals surface area contributed by atoms with Crippen LogP contribution < -0.4 is 10.2 Å². The van der Waals surface area contributed by atoms with Crippen molar-refractivity contribution < 1.29 is 14.8 Å². The Balaban J connectivity index is 2.97. The van der Waals surface area contributed by atoms with E-state index in [-0.39, 0.29) is 0 Å². The van der Waals surface area contributed by atoms with Crippen molar-refractivity contribution in [2.75, 3.05) is 6.61 Å². The van der Waals surface area contributed by atoms with Gasteiger partial charge in [0.05, 0.1) is 11.6 Å². The van der Waals surface area contributed by atoms with Crippen LogP contribution in [0, 0.1) is 0 Å². The summed E-state index contributed by atoms with van der Waals surface area (Å²) in [5.74, 6) is 0.467. The Labute approximate surface area is 82.1 Å². The van der Waals surface area contributed by atoms with Crippen molar-refractivity contribution in [3.8, 4) is 5.75 Å². The van der Waals surface area contributed by atoms with Crippen molar-refractivity contribution in [2.24, 2.45) is 0 Å². The maximum absolute atomic E-state index is 8.86. The molecule has 0 bridgehead atoms. The zero-order chi connectivity index (χ0) is 9.84. The van der Waals surface area contributed by atoms with E-state index in [1.165, 1.54) is 12.1 Å². The molecule has 1 aromatic carbocycles. The van der Waals surface area contributed by atoms with Crippen LogP contribution in [0.2, 0.25) is 5.02 Å². The van der Waals surface area contributed by atoms with Crippen LogP contribution in [0.5, 0.6) is 5.75 Å². The summed E-state index contributed by atoms with van der Waals surface area (Å²) in [5.41, 5.74) is 0.368. The summed E-state index contributed by atoms with van der Waals surface area (Å²) < 4.78 is 5.17. The third-order valence-corrected chi connectivity index (χ3v) is 1.87. The fraction of sp³-hybridized carbons (Fsp3) is 0.250. The molecule has 0 spiro atoms. The number of hydrogen-bond acceptors (Lipinski definition) is 3. The van der Waals surface area contributed by atoms with E-state index in [0.29, 0.717) is 22.8 Å². The molecule has 0 unspecified atom stereocenters. The van der Waals surface area contributed by atoms with Gasteiger partial charge in [-0.05, 0) is 24.5 Å². The van der Waals surface area contributed by atoms with Gasteiger partial charge in [-0.3, -0.25) is 0 Å². The van der Waals surface area contributed by atoms with Gasteiger partial charge in [0.2, 0.25) is 0 Å². The first-order valence-corrected chi connectivity index (χ1v) is 4.31. The molecule has 0 fully saturated rings. The Morgan fingerprint density at radius 3 is 2.69 bits per heavy atom. The maximum atomic E-state index is 8.86. The van der Waals surface area contributed by atoms with Gasteiger partial charge in [0, 0.05) is 0 Å². The van der Waals surface area contributed by atoms with E-state index in [0.717, 1.165) is 0 Å². The Hall–Kier alpha value is -0.705. The Kier molecular flexibility index (Phi) is 3.60. The van der Waals surface area contributed by atoms with Crippen LogP contribution in [0.25, 0.3) is 0 Å². The maximum Gasteiger partial charge on any atom is 0.488 e. The molecule has 0 saturated heterocycles. The van der Waals surface area contributed by atoms with Gasteiger partial charge in [0.1, 0.15) is 5.75 Å². The highest BCUT2D eigenvalue weighted by atomic mass is 35.5. The number of ether oxygens (including phenoxy) is 1. The average Bonchev–Trinajstić information content (AvgIpc) is 2.08. The minimum absolute atomic E-state index is 0.368. The van der Waals surface area contributed by atoms with E-state index >= 15 is 0 Å². The van der Waals surface area contributed by atoms with E-state index in [9.17, 15) is 0 Å². The normalized spacial score (nSPS) is 9.85. The summed E-state index contributed by atoms with van der Waals surface area (Å²) in [7, 11) is -1.49. The highest BCUT2D eigenvalue weighted by Crippen LogP contribution is 2.22. The van der Waals surface area contributed by atoms with Gasteiger partial charge in [-0.15, -0.1) is 0 Å². The molecule has 2 N–H and O–H groups in total. The zero-order valence-electron chi connectivity index (χ0n) is 7.20. The average molecular weight is 200 g/mol. The van der Waals surface area contributed by atoms with Crippen molar-refractivity contribution in [1.29, 1.82) is 0 Å². The summed E-state index contributed by atoms with van der Waals surface area (Å²) in [5, 5.41) is 18.2. The van der Waals surface area contributed by atoms with E-state index in [1.807, 2.05) is 6.92 Å². The number of benzene rings is 1. The lowest BCUT2D eigenvalue weighted by atomic mass is 9.80. The Morgan fingerprint density at radius 1 is 1.46 bits per heavy atom. The van der Waals surface area contributed by atoms with Crippen LogP contribution >= 0.6 is 11.6 Å². The third-order valence-electron chi connectivity index (χ3n) is 1.55. The molecular weight excluding hydrogens is 190 g/mol. The van der Waals surface area contributed by atoms with Gasteiger partial charge in [0.15, 0.2) is 0 Å². The number of rotatable bonds is 3. The van der Waals surface area contributed by atoms with Crippen LogP contribution in [0.15, 0.2) is 18.2 Å². The second kappa shape index (κ2) is 4.51. The van der Waals surface area contributed by atoms with Gasteiger partial charge >= 0.3 is 7.12 Å². The van der Waals surface area contributed by atoms with Crippen molar-refractivity contribution >= 4 is 24.2 Å². The summed E-state index contributed by atoms with van der Waals surface area (Å²) >= 11 is 5.79. The molecule has 0 aromatic heterocycles. The zero-order valence-corrected chi connectivity index (χ0v) is 7.95. The number of halogens is 1. The molecule has 0 aliphatic carbocycles. The lowest BCUT2D eigenvalue weighted by molar-refractivity contribution is 0.340. The van der Waals surface area contributed by atoms with Crippen molar-refractivity contribution in [2.45, 2.75) is 6.92 Å². The standard InChI is InChI=1S/C8H10BClO3/c1-2-13-8-5-6(9(11)12)3-4-7(8)10/h3-5,11-12H,2H2,1H3. The first-order valence-electron chi connectivity index (χ1n) is 3.93. The monoisotopic (exact) mass is 200 g/mol. The molecule has 0 amide bonds. The van der Waals surface area contributed by atoms with Gasteiger partial charge < -0.3 is 14.8 Å². The molecule has 1 aromatic rings. The minimum Gasteiger partial charge on any atom is -0.492 e. The third kappa shape index (κ3) is 2.62. The van der Waals surface area contributed by atoms with Gasteiger partial charge in [-0.2, -0.15) is 0 Å². The molecule has 0 atom stereocenters. The van der Waals surface area contributed by atoms with E-state index in [2.05, 4.69) is 0 Å². The molecule has 0 aliphatic rings. The molecule has 0 saturated carbocycles. The van der Waals surface area contributed by atoms with Crippen LogP contribution in [-0.2, 0) is 0 Å². The molecule has 0 radical (unpaired) electrons. The fourth-order valence-electron chi connectivity index (χ4n) is 0.947. The van der Waals surface area contributed by atoms with Crippen LogP contribution in [0.3, 0.4) is 0 Å². The summed E-state index contributed by atoms with van der Waals surface area (Å²) in [6, 6.07) is 4.62. The van der Waals surface area contributed by atoms with E-state index < -0.39 is 7.12 Å². The van der Waals surface area contributed by atoms with Crippen LogP contribution in [-0.4, -0.2) is 23.8 Å². The van der Waals surface area contributed by atoms with Crippen LogP contribution in [0.4, 0.5) is 0 Å². The highest BCUT2D eigenvalue weighted by molar-refractivity contribution is 6.58. The van der Waals surface area contributed by atoms with E-state index in [1.54, 1.807) is 6.07 Å². The topological polar surface area (TPSA) is 49.7 Å². The van der Waals surface area contributed by atoms with Crippen molar-refractivity contribution in [3.05, 3.63) is 23.2 Å². The van der Waals surface area contributed by atoms with E-state index in [4.69, 9.17) is 26.4 Å². The summed E-state index contributed by atoms with van der Waals surface area (Å²) in [4.78, 5) is 0. The number of hydrogen-bond donors (Lipinski definition) is 2. The predicted molar refractivity (Wildman–Crippen MR) is 52.4 cm³/mol. The molecule has 5 heteroatoms.